The number of nitrogens with zero attached hydrogens (tertiary/aromatic N) is 1. The van der Waals surface area contributed by atoms with Crippen molar-refractivity contribution in [2.24, 2.45) is 23.5 Å². The number of primary amides is 1. The number of ketones is 1. The number of carbonyl (C=O) groups is 5. The van der Waals surface area contributed by atoms with Crippen LogP contribution in [0.2, 0.25) is 0 Å². The van der Waals surface area contributed by atoms with Gasteiger partial charge in [0, 0.05) is 23.9 Å². The molecule has 1 heterocycles. The van der Waals surface area contributed by atoms with Crippen LogP contribution in [-0.2, 0) is 19.2 Å². The van der Waals surface area contributed by atoms with Gasteiger partial charge in [-0.05, 0) is 46.0 Å². The molecule has 5 amide bonds. The molecule has 2 aliphatic carbocycles. The number of fused-ring (bicyclic) bond motifs is 1. The molecule has 0 spiro atoms. The summed E-state index contributed by atoms with van der Waals surface area (Å²) in [6.45, 7) is 7.50. The van der Waals surface area contributed by atoms with Crippen molar-refractivity contribution < 1.29 is 24.0 Å². The highest BCUT2D eigenvalue weighted by Gasteiger charge is 2.74. The minimum Gasteiger partial charge on any atom is -0.363 e. The Labute approximate surface area is 228 Å². The first-order valence-corrected chi connectivity index (χ1v) is 13.9. The summed E-state index contributed by atoms with van der Waals surface area (Å²) in [5.74, 6) is -3.95. The molecular formula is C25H39Cl2N5O5. The van der Waals surface area contributed by atoms with Gasteiger partial charge in [0.2, 0.25) is 17.6 Å². The molecule has 5 atom stereocenters. The predicted molar refractivity (Wildman–Crippen MR) is 140 cm³/mol. The predicted octanol–water partition coefficient (Wildman–Crippen LogP) is 2.00. The highest BCUT2D eigenvalue weighted by molar-refractivity contribution is 6.51. The van der Waals surface area contributed by atoms with Gasteiger partial charge in [0.15, 0.2) is 0 Å². The van der Waals surface area contributed by atoms with Crippen LogP contribution in [0.1, 0.15) is 72.6 Å². The number of alkyl halides is 2. The van der Waals surface area contributed by atoms with Crippen LogP contribution in [0.4, 0.5) is 4.79 Å². The zero-order chi connectivity index (χ0) is 27.7. The Kier molecular flexibility index (Phi) is 9.05. The summed E-state index contributed by atoms with van der Waals surface area (Å²) in [5.41, 5.74) is 4.67. The third-order valence-electron chi connectivity index (χ3n) is 7.50. The lowest BCUT2D eigenvalue weighted by atomic mass is 9.83. The maximum Gasteiger partial charge on any atom is 0.315 e. The highest BCUT2D eigenvalue weighted by Crippen LogP contribution is 2.65. The molecule has 37 heavy (non-hydrogen) atoms. The largest absolute Gasteiger partial charge is 0.363 e. The van der Waals surface area contributed by atoms with Crippen molar-refractivity contribution in [1.29, 1.82) is 0 Å². The fraction of sp³-hybridized carbons (Fsp3) is 0.800. The second-order valence-electron chi connectivity index (χ2n) is 11.5. The van der Waals surface area contributed by atoms with Gasteiger partial charge in [0.25, 0.3) is 5.91 Å². The van der Waals surface area contributed by atoms with Gasteiger partial charge < -0.3 is 26.6 Å². The Morgan fingerprint density at radius 1 is 1.05 bits per heavy atom. The van der Waals surface area contributed by atoms with E-state index in [1.807, 2.05) is 20.8 Å². The second-order valence-corrected chi connectivity index (χ2v) is 13.0. The molecule has 3 fully saturated rings. The zero-order valence-electron chi connectivity index (χ0n) is 21.9. The number of halogens is 2. The molecule has 12 heteroatoms. The van der Waals surface area contributed by atoms with E-state index in [0.29, 0.717) is 6.42 Å². The molecule has 3 aliphatic rings. The number of rotatable bonds is 9. The molecule has 0 aromatic rings. The van der Waals surface area contributed by atoms with E-state index in [-0.39, 0.29) is 30.7 Å². The average Bonchev–Trinajstić information content (AvgIpc) is 3.14. The summed E-state index contributed by atoms with van der Waals surface area (Å²) < 4.78 is -1.18. The first kappa shape index (κ1) is 29.5. The standard InChI is InChI=1S/C25H39Cl2N5O5/c1-5-9-15(19(33)20(28)34)29-21(35)18-16-14(25(16,26)27)12-32(18)22(36)17(13-10-7-6-8-11-13)30-23(37)31-24(2,3)4/h13-18H,5-12H2,1-4H3,(H2,28,34)(H,29,35)(H2,30,31,37)/t14-,15+,16-,17-,18-/m0/s1. The molecule has 0 aromatic heterocycles. The number of Topliss-reactive ketones (excluding diaryl/α,β-unsaturated/α-hetero) is 1. The van der Waals surface area contributed by atoms with Crippen LogP contribution in [0, 0.1) is 17.8 Å². The van der Waals surface area contributed by atoms with E-state index < -0.39 is 57.5 Å². The van der Waals surface area contributed by atoms with Crippen LogP contribution in [0.3, 0.4) is 0 Å². The third kappa shape index (κ3) is 6.69. The minimum absolute atomic E-state index is 0.0753. The Balaban J connectivity index is 1.85. The molecule has 3 rings (SSSR count). The highest BCUT2D eigenvalue weighted by atomic mass is 35.5. The lowest BCUT2D eigenvalue weighted by Gasteiger charge is -2.37. The lowest BCUT2D eigenvalue weighted by Crippen LogP contribution is -2.61. The Bertz CT molecular complexity index is 931. The maximum atomic E-state index is 14.0. The number of likely N-dealkylation sites (tertiary alicyclic amines) is 1. The summed E-state index contributed by atoms with van der Waals surface area (Å²) in [5, 5.41) is 8.32. The maximum absolute atomic E-state index is 14.0. The lowest BCUT2D eigenvalue weighted by molar-refractivity contribution is -0.144. The van der Waals surface area contributed by atoms with Crippen molar-refractivity contribution >= 4 is 52.7 Å². The van der Waals surface area contributed by atoms with Crippen molar-refractivity contribution in [2.75, 3.05) is 6.54 Å². The van der Waals surface area contributed by atoms with Gasteiger partial charge >= 0.3 is 6.03 Å². The quantitative estimate of drug-likeness (QED) is 0.251. The van der Waals surface area contributed by atoms with Gasteiger partial charge in [-0.15, -0.1) is 23.2 Å². The van der Waals surface area contributed by atoms with Gasteiger partial charge in [0.05, 0.1) is 6.04 Å². The van der Waals surface area contributed by atoms with Gasteiger partial charge in [-0.1, -0.05) is 32.6 Å². The van der Waals surface area contributed by atoms with Gasteiger partial charge in [-0.2, -0.15) is 0 Å². The summed E-state index contributed by atoms with van der Waals surface area (Å²) in [6, 6.07) is -3.42. The Morgan fingerprint density at radius 3 is 2.22 bits per heavy atom. The second kappa shape index (κ2) is 11.4. The normalized spacial score (nSPS) is 26.4. The fourth-order valence-electron chi connectivity index (χ4n) is 5.66. The number of nitrogens with one attached hydrogen (secondary N) is 3. The summed E-state index contributed by atoms with van der Waals surface area (Å²) in [7, 11) is 0. The van der Waals surface area contributed by atoms with Crippen LogP contribution < -0.4 is 21.7 Å². The summed E-state index contributed by atoms with van der Waals surface area (Å²) in [4.78, 5) is 65.5. The topological polar surface area (TPSA) is 151 Å². The smallest absolute Gasteiger partial charge is 0.315 e. The molecule has 1 saturated heterocycles. The Morgan fingerprint density at radius 2 is 1.68 bits per heavy atom. The fourth-order valence-corrected chi connectivity index (χ4v) is 6.49. The van der Waals surface area contributed by atoms with Crippen molar-refractivity contribution in [1.82, 2.24) is 20.9 Å². The molecular weight excluding hydrogens is 521 g/mol. The molecule has 1 aliphatic heterocycles. The van der Waals surface area contributed by atoms with E-state index in [9.17, 15) is 24.0 Å². The van der Waals surface area contributed by atoms with E-state index in [1.165, 1.54) is 4.90 Å². The number of hydrogen-bond donors (Lipinski definition) is 4. The number of carbonyl (C=O) groups excluding carboxylic acids is 5. The first-order valence-electron chi connectivity index (χ1n) is 13.1. The third-order valence-corrected chi connectivity index (χ3v) is 8.56. The van der Waals surface area contributed by atoms with Gasteiger partial charge in [-0.25, -0.2) is 4.79 Å². The van der Waals surface area contributed by atoms with Crippen molar-refractivity contribution in [3.8, 4) is 0 Å². The zero-order valence-corrected chi connectivity index (χ0v) is 23.5. The van der Waals surface area contributed by atoms with Crippen molar-refractivity contribution in [3.63, 3.8) is 0 Å². The molecule has 2 saturated carbocycles. The number of piperidine rings is 1. The number of nitrogens with two attached hydrogens (primary N) is 1. The molecule has 0 aromatic carbocycles. The van der Waals surface area contributed by atoms with E-state index in [1.54, 1.807) is 6.92 Å². The van der Waals surface area contributed by atoms with Gasteiger partial charge in [0.1, 0.15) is 16.4 Å². The molecule has 0 radical (unpaired) electrons. The summed E-state index contributed by atoms with van der Waals surface area (Å²) in [6.07, 6.45) is 5.27. The SMILES string of the molecule is CCC[C@@H](NC(=O)[C@@H]1[C@@H]2[C@H](CN1C(=O)[C@@H](NC(=O)NC(C)(C)C)C1CCCCC1)C2(Cl)Cl)C(=O)C(N)=O. The first-order chi connectivity index (χ1) is 17.2. The minimum atomic E-state index is -1.18. The monoisotopic (exact) mass is 559 g/mol. The summed E-state index contributed by atoms with van der Waals surface area (Å²) >= 11 is 12.9. The molecule has 0 bridgehead atoms. The number of hydrogen-bond acceptors (Lipinski definition) is 5. The van der Waals surface area contributed by atoms with Crippen LogP contribution in [0.25, 0.3) is 0 Å². The van der Waals surface area contributed by atoms with Crippen molar-refractivity contribution in [2.45, 2.75) is 101 Å². The molecule has 10 nitrogen and oxygen atoms in total. The van der Waals surface area contributed by atoms with E-state index in [0.717, 1.165) is 32.1 Å². The molecule has 5 N–H and O–H groups in total. The molecule has 0 unspecified atom stereocenters. The van der Waals surface area contributed by atoms with Crippen LogP contribution in [0.5, 0.6) is 0 Å². The van der Waals surface area contributed by atoms with E-state index in [4.69, 9.17) is 28.9 Å². The van der Waals surface area contributed by atoms with Gasteiger partial charge in [-0.3, -0.25) is 19.2 Å². The van der Waals surface area contributed by atoms with E-state index in [2.05, 4.69) is 16.0 Å². The average molecular weight is 561 g/mol. The Hall–Kier alpha value is -2.07. The van der Waals surface area contributed by atoms with Crippen LogP contribution in [-0.4, -0.2) is 69.0 Å². The molecule has 208 valence electrons. The van der Waals surface area contributed by atoms with E-state index >= 15 is 0 Å². The number of amides is 5. The number of urea groups is 1. The van der Waals surface area contributed by atoms with Crippen molar-refractivity contribution in [3.05, 3.63) is 0 Å². The van der Waals surface area contributed by atoms with Crippen LogP contribution in [0.15, 0.2) is 0 Å². The van der Waals surface area contributed by atoms with Crippen LogP contribution >= 0.6 is 23.2 Å².